The SMILES string of the molecule is CCOC(=O)[C@]12C[C@@]1(C)COC2=O. The third-order valence-corrected chi connectivity index (χ3v) is 3.05. The van der Waals surface area contributed by atoms with Crippen LogP contribution in [0.3, 0.4) is 0 Å². The van der Waals surface area contributed by atoms with Crippen LogP contribution < -0.4 is 0 Å². The molecule has 1 heterocycles. The Labute approximate surface area is 76.2 Å². The fraction of sp³-hybridized carbons (Fsp3) is 0.778. The van der Waals surface area contributed by atoms with E-state index in [0.29, 0.717) is 19.6 Å². The molecule has 1 saturated carbocycles. The molecule has 0 unspecified atom stereocenters. The van der Waals surface area contributed by atoms with E-state index in [1.165, 1.54) is 0 Å². The van der Waals surface area contributed by atoms with Gasteiger partial charge < -0.3 is 9.47 Å². The molecule has 0 N–H and O–H groups in total. The Hall–Kier alpha value is -1.06. The number of hydrogen-bond acceptors (Lipinski definition) is 4. The first kappa shape index (κ1) is 8.53. The first-order valence-corrected chi connectivity index (χ1v) is 4.41. The van der Waals surface area contributed by atoms with Gasteiger partial charge in [0, 0.05) is 5.41 Å². The molecule has 0 aromatic carbocycles. The average molecular weight is 184 g/mol. The molecule has 0 radical (unpaired) electrons. The second kappa shape index (κ2) is 2.25. The van der Waals surface area contributed by atoms with Crippen molar-refractivity contribution in [1.29, 1.82) is 0 Å². The lowest BCUT2D eigenvalue weighted by Gasteiger charge is -2.08. The number of rotatable bonds is 2. The van der Waals surface area contributed by atoms with Crippen molar-refractivity contribution in [3.05, 3.63) is 0 Å². The fourth-order valence-corrected chi connectivity index (χ4v) is 2.04. The summed E-state index contributed by atoms with van der Waals surface area (Å²) >= 11 is 0. The smallest absolute Gasteiger partial charge is 0.324 e. The van der Waals surface area contributed by atoms with Crippen LogP contribution in [0.1, 0.15) is 20.3 Å². The molecule has 13 heavy (non-hydrogen) atoms. The highest BCUT2D eigenvalue weighted by molar-refractivity contribution is 6.06. The Bertz CT molecular complexity index is 285. The summed E-state index contributed by atoms with van der Waals surface area (Å²) in [6, 6.07) is 0. The summed E-state index contributed by atoms with van der Waals surface area (Å²) in [5.41, 5.74) is -1.25. The quantitative estimate of drug-likeness (QED) is 0.463. The van der Waals surface area contributed by atoms with E-state index in [1.54, 1.807) is 6.92 Å². The summed E-state index contributed by atoms with van der Waals surface area (Å²) in [7, 11) is 0. The van der Waals surface area contributed by atoms with Gasteiger partial charge in [0.25, 0.3) is 0 Å². The molecule has 0 bridgehead atoms. The Morgan fingerprint density at radius 3 is 2.77 bits per heavy atom. The van der Waals surface area contributed by atoms with Gasteiger partial charge in [0.15, 0.2) is 5.41 Å². The van der Waals surface area contributed by atoms with Crippen molar-refractivity contribution in [1.82, 2.24) is 0 Å². The summed E-state index contributed by atoms with van der Waals surface area (Å²) in [5, 5.41) is 0. The molecule has 1 aliphatic heterocycles. The Morgan fingerprint density at radius 1 is 1.69 bits per heavy atom. The van der Waals surface area contributed by atoms with Gasteiger partial charge in [0.05, 0.1) is 13.2 Å². The summed E-state index contributed by atoms with van der Waals surface area (Å²) in [5.74, 6) is -0.826. The number of cyclic esters (lactones) is 1. The minimum atomic E-state index is -0.955. The van der Waals surface area contributed by atoms with E-state index in [4.69, 9.17) is 9.47 Å². The van der Waals surface area contributed by atoms with Crippen molar-refractivity contribution in [3.8, 4) is 0 Å². The molecular formula is C9H12O4. The monoisotopic (exact) mass is 184 g/mol. The van der Waals surface area contributed by atoms with E-state index in [-0.39, 0.29) is 5.41 Å². The van der Waals surface area contributed by atoms with Crippen molar-refractivity contribution in [2.75, 3.05) is 13.2 Å². The largest absolute Gasteiger partial charge is 0.465 e. The zero-order chi connectivity index (χ0) is 9.69. The van der Waals surface area contributed by atoms with Crippen LogP contribution in [0.2, 0.25) is 0 Å². The Morgan fingerprint density at radius 2 is 2.38 bits per heavy atom. The Balaban J connectivity index is 2.22. The number of ether oxygens (including phenoxy) is 2. The van der Waals surface area contributed by atoms with Gasteiger partial charge in [-0.1, -0.05) is 6.92 Å². The average Bonchev–Trinajstić information content (AvgIpc) is 2.64. The number of carbonyl (C=O) groups excluding carboxylic acids is 2. The molecule has 0 aromatic heterocycles. The molecular weight excluding hydrogens is 172 g/mol. The van der Waals surface area contributed by atoms with Gasteiger partial charge in [0.2, 0.25) is 0 Å². The lowest BCUT2D eigenvalue weighted by Crippen LogP contribution is -2.28. The van der Waals surface area contributed by atoms with E-state index < -0.39 is 17.4 Å². The van der Waals surface area contributed by atoms with Crippen molar-refractivity contribution < 1.29 is 19.1 Å². The van der Waals surface area contributed by atoms with Crippen LogP contribution >= 0.6 is 0 Å². The molecule has 1 aliphatic carbocycles. The lowest BCUT2D eigenvalue weighted by atomic mass is 9.98. The standard InChI is InChI=1S/C9H12O4/c1-3-12-6(10)9-4-8(9,2)5-13-7(9)11/h3-5H2,1-2H3/t8-,9-/m0/s1. The van der Waals surface area contributed by atoms with Crippen LogP contribution in [0.15, 0.2) is 0 Å². The van der Waals surface area contributed by atoms with Gasteiger partial charge in [-0.2, -0.15) is 0 Å². The van der Waals surface area contributed by atoms with Crippen molar-refractivity contribution in [2.45, 2.75) is 20.3 Å². The van der Waals surface area contributed by atoms with Gasteiger partial charge >= 0.3 is 11.9 Å². The molecule has 2 fully saturated rings. The van der Waals surface area contributed by atoms with Gasteiger partial charge in [0.1, 0.15) is 0 Å². The molecule has 0 spiro atoms. The van der Waals surface area contributed by atoms with Crippen molar-refractivity contribution in [2.24, 2.45) is 10.8 Å². The molecule has 2 aliphatic rings. The fourth-order valence-electron chi connectivity index (χ4n) is 2.04. The number of hydrogen-bond donors (Lipinski definition) is 0. The van der Waals surface area contributed by atoms with Crippen LogP contribution in [0.5, 0.6) is 0 Å². The molecule has 4 nitrogen and oxygen atoms in total. The predicted molar refractivity (Wildman–Crippen MR) is 42.7 cm³/mol. The lowest BCUT2D eigenvalue weighted by molar-refractivity contribution is -0.159. The third kappa shape index (κ3) is 0.806. The molecule has 2 rings (SSSR count). The predicted octanol–water partition coefficient (Wildman–Crippen LogP) is 0.503. The van der Waals surface area contributed by atoms with Crippen LogP contribution in [-0.4, -0.2) is 25.2 Å². The van der Waals surface area contributed by atoms with Crippen LogP contribution in [0.25, 0.3) is 0 Å². The van der Waals surface area contributed by atoms with Crippen LogP contribution in [0.4, 0.5) is 0 Å². The topological polar surface area (TPSA) is 52.6 Å². The second-order valence-corrected chi connectivity index (χ2v) is 3.94. The zero-order valence-corrected chi connectivity index (χ0v) is 7.75. The highest BCUT2D eigenvalue weighted by Gasteiger charge is 2.80. The van der Waals surface area contributed by atoms with E-state index in [1.807, 2.05) is 6.92 Å². The van der Waals surface area contributed by atoms with Crippen LogP contribution in [0, 0.1) is 10.8 Å². The van der Waals surface area contributed by atoms with E-state index in [0.717, 1.165) is 0 Å². The van der Waals surface area contributed by atoms with Crippen LogP contribution in [-0.2, 0) is 19.1 Å². The zero-order valence-electron chi connectivity index (χ0n) is 7.75. The minimum Gasteiger partial charge on any atom is -0.465 e. The van der Waals surface area contributed by atoms with Gasteiger partial charge in [-0.3, -0.25) is 9.59 Å². The minimum absolute atomic E-state index is 0.295. The number of esters is 2. The highest BCUT2D eigenvalue weighted by Crippen LogP contribution is 2.68. The number of carbonyl (C=O) groups is 2. The van der Waals surface area contributed by atoms with Gasteiger partial charge in [-0.25, -0.2) is 0 Å². The first-order chi connectivity index (χ1) is 6.07. The maximum Gasteiger partial charge on any atom is 0.324 e. The molecule has 2 atom stereocenters. The van der Waals surface area contributed by atoms with E-state index >= 15 is 0 Å². The highest BCUT2D eigenvalue weighted by atomic mass is 16.6. The van der Waals surface area contributed by atoms with Crippen molar-refractivity contribution in [3.63, 3.8) is 0 Å². The van der Waals surface area contributed by atoms with E-state index in [9.17, 15) is 9.59 Å². The first-order valence-electron chi connectivity index (χ1n) is 4.41. The summed E-state index contributed by atoms with van der Waals surface area (Å²) in [4.78, 5) is 22.8. The third-order valence-electron chi connectivity index (χ3n) is 3.05. The maximum atomic E-state index is 11.5. The normalized spacial score (nSPS) is 40.9. The maximum absolute atomic E-state index is 11.5. The molecule has 4 heteroatoms. The van der Waals surface area contributed by atoms with Gasteiger partial charge in [-0.05, 0) is 13.3 Å². The second-order valence-electron chi connectivity index (χ2n) is 3.94. The molecule has 0 amide bonds. The van der Waals surface area contributed by atoms with Gasteiger partial charge in [-0.15, -0.1) is 0 Å². The molecule has 1 saturated heterocycles. The molecule has 72 valence electrons. The Kier molecular flexibility index (Phi) is 1.47. The number of fused-ring (bicyclic) bond motifs is 1. The molecule has 0 aromatic rings. The summed E-state index contributed by atoms with van der Waals surface area (Å²) in [6.45, 7) is 4.28. The van der Waals surface area contributed by atoms with E-state index in [2.05, 4.69) is 0 Å². The summed E-state index contributed by atoms with van der Waals surface area (Å²) < 4.78 is 9.72. The van der Waals surface area contributed by atoms with Crippen molar-refractivity contribution >= 4 is 11.9 Å². The summed E-state index contributed by atoms with van der Waals surface area (Å²) in [6.07, 6.45) is 0.581.